The highest BCUT2D eigenvalue weighted by Crippen LogP contribution is 2.35. The number of amides is 1. The lowest BCUT2D eigenvalue weighted by Crippen LogP contribution is -2.14. The van der Waals surface area contributed by atoms with Crippen LogP contribution < -0.4 is 5.32 Å². The van der Waals surface area contributed by atoms with Gasteiger partial charge in [-0.05, 0) is 48.9 Å². The molecule has 0 aliphatic heterocycles. The number of halogens is 6. The molecule has 2 heterocycles. The Kier molecular flexibility index (Phi) is 5.45. The van der Waals surface area contributed by atoms with Gasteiger partial charge in [0.25, 0.3) is 5.91 Å². The molecule has 1 amide bonds. The van der Waals surface area contributed by atoms with Gasteiger partial charge in [0.15, 0.2) is 0 Å². The van der Waals surface area contributed by atoms with E-state index >= 15 is 0 Å². The molecule has 3 aromatic carbocycles. The van der Waals surface area contributed by atoms with Gasteiger partial charge in [-0.1, -0.05) is 29.3 Å². The lowest BCUT2D eigenvalue weighted by Gasteiger charge is -2.08. The highest BCUT2D eigenvalue weighted by atomic mass is 35.5. The second-order valence-corrected chi connectivity index (χ2v) is 8.50. The molecule has 0 saturated carbocycles. The first-order chi connectivity index (χ1) is 16.5. The van der Waals surface area contributed by atoms with E-state index in [9.17, 15) is 22.4 Å². The molecule has 12 heteroatoms. The van der Waals surface area contributed by atoms with Crippen molar-refractivity contribution in [3.8, 4) is 11.4 Å². The summed E-state index contributed by atoms with van der Waals surface area (Å²) in [6.07, 6.45) is -4.51. The van der Waals surface area contributed by atoms with Gasteiger partial charge in [-0.15, -0.1) is 0 Å². The number of nitrogens with one attached hydrogen (secondary N) is 3. The number of rotatable bonds is 3. The Morgan fingerprint density at radius 3 is 2.51 bits per heavy atom. The van der Waals surface area contributed by atoms with Crippen LogP contribution in [0.4, 0.5) is 23.5 Å². The summed E-state index contributed by atoms with van der Waals surface area (Å²) in [5, 5.41) is 2.85. The number of aromatic nitrogens is 4. The summed E-state index contributed by atoms with van der Waals surface area (Å²) in [7, 11) is 0. The molecule has 0 aliphatic carbocycles. The van der Waals surface area contributed by atoms with E-state index in [2.05, 4.69) is 25.3 Å². The Bertz CT molecular complexity index is 1620. The minimum absolute atomic E-state index is 0.0385. The summed E-state index contributed by atoms with van der Waals surface area (Å²) >= 11 is 12.6. The van der Waals surface area contributed by atoms with Crippen molar-refractivity contribution in [2.75, 3.05) is 5.32 Å². The van der Waals surface area contributed by atoms with Crippen molar-refractivity contribution < 1.29 is 22.4 Å². The number of anilines is 1. The number of carbonyl (C=O) groups is 1. The van der Waals surface area contributed by atoms with Crippen molar-refractivity contribution in [1.29, 1.82) is 0 Å². The van der Waals surface area contributed by atoms with Crippen LogP contribution in [0, 0.1) is 12.7 Å². The van der Waals surface area contributed by atoms with Gasteiger partial charge >= 0.3 is 6.18 Å². The number of nitrogens with zero attached hydrogens (tertiary/aromatic N) is 2. The molecule has 3 N–H and O–H groups in total. The van der Waals surface area contributed by atoms with Crippen LogP contribution in [0.5, 0.6) is 0 Å². The molecule has 0 fully saturated rings. The van der Waals surface area contributed by atoms with Gasteiger partial charge in [0.1, 0.15) is 17.2 Å². The summed E-state index contributed by atoms with van der Waals surface area (Å²) in [5.41, 5.74) is 0.811. The molecule has 0 spiro atoms. The van der Waals surface area contributed by atoms with Gasteiger partial charge in [-0.2, -0.15) is 13.2 Å². The van der Waals surface area contributed by atoms with E-state index in [-0.39, 0.29) is 44.0 Å². The molecule has 178 valence electrons. The predicted octanol–water partition coefficient (Wildman–Crippen LogP) is 7.13. The van der Waals surface area contributed by atoms with Crippen LogP contribution in [0.3, 0.4) is 0 Å². The third-order valence-corrected chi connectivity index (χ3v) is 6.22. The third kappa shape index (κ3) is 4.08. The molecule has 0 bridgehead atoms. The van der Waals surface area contributed by atoms with Crippen LogP contribution >= 0.6 is 23.2 Å². The highest BCUT2D eigenvalue weighted by Gasteiger charge is 2.31. The fraction of sp³-hybridized carbons (Fsp3) is 0.0870. The monoisotopic (exact) mass is 521 g/mol. The first kappa shape index (κ1) is 23.1. The van der Waals surface area contributed by atoms with Crippen LogP contribution in [0.25, 0.3) is 33.5 Å². The highest BCUT2D eigenvalue weighted by molar-refractivity contribution is 6.36. The Morgan fingerprint density at radius 1 is 1.03 bits per heavy atom. The molecular formula is C23H13Cl2F4N5O. The second kappa shape index (κ2) is 8.24. The van der Waals surface area contributed by atoms with Gasteiger partial charge in [0, 0.05) is 5.56 Å². The van der Waals surface area contributed by atoms with Gasteiger partial charge in [-0.3, -0.25) is 10.1 Å². The second-order valence-electron chi connectivity index (χ2n) is 7.71. The smallest absolute Gasteiger partial charge is 0.338 e. The van der Waals surface area contributed by atoms with Crippen molar-refractivity contribution in [3.05, 3.63) is 75.0 Å². The standard InChI is InChI=1S/C23H13Cl2F4N5O/c1-9-11(21(35)34-22-31-14-6-5-10(23(27,28)29)7-15(14)32-22)8-16-19(18(9)25)33-20(30-16)17-12(24)3-2-4-13(17)26/h2-8H,1H3,(H,30,33)(H2,31,32,34,35). The topological polar surface area (TPSA) is 86.5 Å². The van der Waals surface area contributed by atoms with Crippen molar-refractivity contribution in [1.82, 2.24) is 19.9 Å². The lowest BCUT2D eigenvalue weighted by atomic mass is 10.1. The average molecular weight is 522 g/mol. The summed E-state index contributed by atoms with van der Waals surface area (Å²) in [4.78, 5) is 27.1. The van der Waals surface area contributed by atoms with E-state index < -0.39 is 23.5 Å². The molecule has 0 saturated heterocycles. The zero-order valence-corrected chi connectivity index (χ0v) is 19.1. The molecule has 5 aromatic rings. The summed E-state index contributed by atoms with van der Waals surface area (Å²) in [6, 6.07) is 8.73. The third-order valence-electron chi connectivity index (χ3n) is 5.45. The molecule has 6 nitrogen and oxygen atoms in total. The first-order valence-electron chi connectivity index (χ1n) is 10.0. The Labute approximate surface area is 204 Å². The van der Waals surface area contributed by atoms with Crippen LogP contribution in [-0.2, 0) is 6.18 Å². The van der Waals surface area contributed by atoms with E-state index in [0.29, 0.717) is 16.6 Å². The quantitative estimate of drug-likeness (QED) is 0.220. The maximum absolute atomic E-state index is 14.4. The number of carbonyl (C=O) groups excluding carboxylic acids is 1. The van der Waals surface area contributed by atoms with Crippen LogP contribution in [0.15, 0.2) is 42.5 Å². The number of fused-ring (bicyclic) bond motifs is 2. The average Bonchev–Trinajstić information content (AvgIpc) is 3.38. The van der Waals surface area contributed by atoms with E-state index in [0.717, 1.165) is 12.1 Å². The minimum atomic E-state index is -4.51. The molecule has 0 aliphatic rings. The number of hydrogen-bond donors (Lipinski definition) is 3. The zero-order chi connectivity index (χ0) is 25.1. The SMILES string of the molecule is Cc1c(C(=O)Nc2nc3ccc(C(F)(F)F)cc3[nH]2)cc2[nH]c(-c3c(F)cccc3Cl)nc2c1Cl. The molecule has 0 atom stereocenters. The Hall–Kier alpha value is -3.63. The fourth-order valence-electron chi connectivity index (χ4n) is 3.71. The Morgan fingerprint density at radius 2 is 1.80 bits per heavy atom. The lowest BCUT2D eigenvalue weighted by molar-refractivity contribution is -0.137. The fourth-order valence-corrected chi connectivity index (χ4v) is 4.20. The molecular weight excluding hydrogens is 509 g/mol. The Balaban J connectivity index is 1.51. The van der Waals surface area contributed by atoms with Crippen molar-refractivity contribution >= 4 is 57.1 Å². The number of alkyl halides is 3. The largest absolute Gasteiger partial charge is 0.416 e. The molecule has 0 unspecified atom stereocenters. The molecule has 0 radical (unpaired) electrons. The predicted molar refractivity (Wildman–Crippen MR) is 125 cm³/mol. The summed E-state index contributed by atoms with van der Waals surface area (Å²) in [5.74, 6) is -1.09. The zero-order valence-electron chi connectivity index (χ0n) is 17.6. The minimum Gasteiger partial charge on any atom is -0.338 e. The van der Waals surface area contributed by atoms with Crippen LogP contribution in [0.2, 0.25) is 10.0 Å². The van der Waals surface area contributed by atoms with E-state index in [1.165, 1.54) is 30.3 Å². The van der Waals surface area contributed by atoms with E-state index in [1.807, 2.05) is 0 Å². The normalized spacial score (nSPS) is 12.0. The van der Waals surface area contributed by atoms with E-state index in [1.54, 1.807) is 6.92 Å². The number of H-pyrrole nitrogens is 2. The summed E-state index contributed by atoms with van der Waals surface area (Å²) in [6.45, 7) is 1.61. The molecule has 2 aromatic heterocycles. The first-order valence-corrected chi connectivity index (χ1v) is 10.8. The van der Waals surface area contributed by atoms with Gasteiger partial charge in [-0.25, -0.2) is 14.4 Å². The maximum atomic E-state index is 14.4. The van der Waals surface area contributed by atoms with E-state index in [4.69, 9.17) is 23.2 Å². The van der Waals surface area contributed by atoms with Crippen molar-refractivity contribution in [3.63, 3.8) is 0 Å². The molecule has 35 heavy (non-hydrogen) atoms. The van der Waals surface area contributed by atoms with Crippen LogP contribution in [0.1, 0.15) is 21.5 Å². The number of benzene rings is 3. The summed E-state index contributed by atoms with van der Waals surface area (Å²) < 4.78 is 53.3. The maximum Gasteiger partial charge on any atom is 0.416 e. The van der Waals surface area contributed by atoms with Gasteiger partial charge in [0.05, 0.1) is 37.7 Å². The molecule has 5 rings (SSSR count). The number of aromatic amines is 2. The van der Waals surface area contributed by atoms with Crippen molar-refractivity contribution in [2.45, 2.75) is 13.1 Å². The van der Waals surface area contributed by atoms with Crippen LogP contribution in [-0.4, -0.2) is 25.8 Å². The van der Waals surface area contributed by atoms with Gasteiger partial charge in [0.2, 0.25) is 5.95 Å². The number of imidazole rings is 2. The van der Waals surface area contributed by atoms with Crippen molar-refractivity contribution in [2.24, 2.45) is 0 Å². The van der Waals surface area contributed by atoms with Gasteiger partial charge < -0.3 is 9.97 Å². The number of hydrogen-bond acceptors (Lipinski definition) is 3.